The van der Waals surface area contributed by atoms with Crippen LogP contribution in [0.5, 0.6) is 0 Å². The second-order valence-electron chi connectivity index (χ2n) is 5.07. The SMILES string of the molecule is CCCCN(CC)c1ccc(Cl)c(CNC(C)C)n1. The third kappa shape index (κ3) is 5.37. The molecule has 0 radical (unpaired) electrons. The first-order chi connectivity index (χ1) is 9.08. The predicted molar refractivity (Wildman–Crippen MR) is 84.0 cm³/mol. The maximum atomic E-state index is 6.21. The molecule has 4 heteroatoms. The van der Waals surface area contributed by atoms with Gasteiger partial charge in [0.2, 0.25) is 0 Å². The van der Waals surface area contributed by atoms with Gasteiger partial charge < -0.3 is 10.2 Å². The van der Waals surface area contributed by atoms with Crippen molar-refractivity contribution >= 4 is 17.4 Å². The molecule has 0 aliphatic rings. The van der Waals surface area contributed by atoms with Gasteiger partial charge in [0.1, 0.15) is 5.82 Å². The summed E-state index contributed by atoms with van der Waals surface area (Å²) >= 11 is 6.21. The second-order valence-corrected chi connectivity index (χ2v) is 5.47. The summed E-state index contributed by atoms with van der Waals surface area (Å²) in [5, 5.41) is 4.10. The van der Waals surface area contributed by atoms with E-state index in [9.17, 15) is 0 Å². The van der Waals surface area contributed by atoms with Crippen molar-refractivity contribution in [2.24, 2.45) is 0 Å². The quantitative estimate of drug-likeness (QED) is 0.785. The summed E-state index contributed by atoms with van der Waals surface area (Å²) < 4.78 is 0. The molecule has 0 spiro atoms. The summed E-state index contributed by atoms with van der Waals surface area (Å²) in [5.41, 5.74) is 0.933. The Kier molecular flexibility index (Phi) is 7.17. The summed E-state index contributed by atoms with van der Waals surface area (Å²) in [4.78, 5) is 7.00. The predicted octanol–water partition coefficient (Wildman–Crippen LogP) is 3.86. The lowest BCUT2D eigenvalue weighted by Crippen LogP contribution is -2.26. The minimum atomic E-state index is 0.434. The van der Waals surface area contributed by atoms with E-state index in [-0.39, 0.29) is 0 Å². The van der Waals surface area contributed by atoms with Gasteiger partial charge in [0.15, 0.2) is 0 Å². The van der Waals surface area contributed by atoms with Crippen molar-refractivity contribution < 1.29 is 0 Å². The van der Waals surface area contributed by atoms with E-state index in [1.54, 1.807) is 0 Å². The molecule has 0 fully saturated rings. The highest BCUT2D eigenvalue weighted by Crippen LogP contribution is 2.19. The molecule has 0 amide bonds. The van der Waals surface area contributed by atoms with Crippen LogP contribution in [0.1, 0.15) is 46.2 Å². The van der Waals surface area contributed by atoms with Gasteiger partial charge in [-0.1, -0.05) is 38.8 Å². The van der Waals surface area contributed by atoms with Crippen LogP contribution < -0.4 is 10.2 Å². The van der Waals surface area contributed by atoms with E-state index in [1.165, 1.54) is 12.8 Å². The molecule has 0 saturated carbocycles. The Labute approximate surface area is 122 Å². The van der Waals surface area contributed by atoms with Gasteiger partial charge in [-0.3, -0.25) is 0 Å². The number of halogens is 1. The van der Waals surface area contributed by atoms with E-state index >= 15 is 0 Å². The van der Waals surface area contributed by atoms with Gasteiger partial charge in [0.05, 0.1) is 10.7 Å². The van der Waals surface area contributed by atoms with Crippen molar-refractivity contribution in [2.45, 2.75) is 53.1 Å². The highest BCUT2D eigenvalue weighted by Gasteiger charge is 2.09. The van der Waals surface area contributed by atoms with Gasteiger partial charge in [-0.15, -0.1) is 0 Å². The molecule has 1 aromatic heterocycles. The Hall–Kier alpha value is -0.800. The molecular formula is C15H26ClN3. The van der Waals surface area contributed by atoms with Crippen LogP contribution in [-0.2, 0) is 6.54 Å². The first-order valence-electron chi connectivity index (χ1n) is 7.22. The fraction of sp³-hybridized carbons (Fsp3) is 0.667. The second kappa shape index (κ2) is 8.39. The number of aromatic nitrogens is 1. The number of hydrogen-bond donors (Lipinski definition) is 1. The number of nitrogens with zero attached hydrogens (tertiary/aromatic N) is 2. The average Bonchev–Trinajstić information content (AvgIpc) is 2.39. The number of rotatable bonds is 8. The third-order valence-electron chi connectivity index (χ3n) is 3.07. The minimum absolute atomic E-state index is 0.434. The molecule has 0 atom stereocenters. The highest BCUT2D eigenvalue weighted by molar-refractivity contribution is 6.31. The number of nitrogens with one attached hydrogen (secondary N) is 1. The van der Waals surface area contributed by atoms with Crippen LogP contribution >= 0.6 is 11.6 Å². The largest absolute Gasteiger partial charge is 0.357 e. The Bertz CT molecular complexity index is 380. The molecule has 1 N–H and O–H groups in total. The van der Waals surface area contributed by atoms with Crippen LogP contribution in [0.2, 0.25) is 5.02 Å². The van der Waals surface area contributed by atoms with Gasteiger partial charge in [0, 0.05) is 25.7 Å². The Morgan fingerprint density at radius 2 is 2.05 bits per heavy atom. The van der Waals surface area contributed by atoms with Gasteiger partial charge in [0.25, 0.3) is 0 Å². The van der Waals surface area contributed by atoms with Gasteiger partial charge in [-0.25, -0.2) is 4.98 Å². The molecule has 0 bridgehead atoms. The van der Waals surface area contributed by atoms with E-state index in [0.29, 0.717) is 6.04 Å². The molecule has 0 aliphatic heterocycles. The van der Waals surface area contributed by atoms with Crippen molar-refractivity contribution in [3.8, 4) is 0 Å². The zero-order valence-electron chi connectivity index (χ0n) is 12.5. The lowest BCUT2D eigenvalue weighted by atomic mass is 10.2. The summed E-state index contributed by atoms with van der Waals surface area (Å²) in [6.07, 6.45) is 2.39. The number of pyridine rings is 1. The van der Waals surface area contributed by atoms with Gasteiger partial charge >= 0.3 is 0 Å². The summed E-state index contributed by atoms with van der Waals surface area (Å²) in [6.45, 7) is 11.4. The summed E-state index contributed by atoms with van der Waals surface area (Å²) in [7, 11) is 0. The summed E-state index contributed by atoms with van der Waals surface area (Å²) in [6, 6.07) is 4.40. The molecule has 0 aromatic carbocycles. The Balaban J connectivity index is 2.80. The van der Waals surface area contributed by atoms with Crippen LogP contribution in [0, 0.1) is 0 Å². The first-order valence-corrected chi connectivity index (χ1v) is 7.60. The van der Waals surface area contributed by atoms with Gasteiger partial charge in [-0.05, 0) is 25.5 Å². The maximum absolute atomic E-state index is 6.21. The number of hydrogen-bond acceptors (Lipinski definition) is 3. The Morgan fingerprint density at radius 1 is 1.32 bits per heavy atom. The molecule has 1 aromatic rings. The zero-order chi connectivity index (χ0) is 14.3. The smallest absolute Gasteiger partial charge is 0.128 e. The lowest BCUT2D eigenvalue weighted by Gasteiger charge is -2.22. The molecule has 0 aliphatic carbocycles. The number of anilines is 1. The molecule has 0 saturated heterocycles. The molecule has 3 nitrogen and oxygen atoms in total. The molecule has 108 valence electrons. The van der Waals surface area contributed by atoms with Crippen molar-refractivity contribution in [3.63, 3.8) is 0 Å². The molecular weight excluding hydrogens is 258 g/mol. The third-order valence-corrected chi connectivity index (χ3v) is 3.41. The normalized spacial score (nSPS) is 11.1. The van der Waals surface area contributed by atoms with E-state index in [2.05, 4.69) is 37.9 Å². The highest BCUT2D eigenvalue weighted by atomic mass is 35.5. The molecule has 19 heavy (non-hydrogen) atoms. The van der Waals surface area contributed by atoms with Crippen LogP contribution in [0.3, 0.4) is 0 Å². The molecule has 1 rings (SSSR count). The monoisotopic (exact) mass is 283 g/mol. The summed E-state index contributed by atoms with van der Waals surface area (Å²) in [5.74, 6) is 1.03. The average molecular weight is 284 g/mol. The molecule has 0 unspecified atom stereocenters. The van der Waals surface area contributed by atoms with Crippen LogP contribution in [0.15, 0.2) is 12.1 Å². The molecule has 1 heterocycles. The fourth-order valence-corrected chi connectivity index (χ4v) is 2.03. The lowest BCUT2D eigenvalue weighted by molar-refractivity contribution is 0.581. The maximum Gasteiger partial charge on any atom is 0.128 e. The van der Waals surface area contributed by atoms with Crippen molar-refractivity contribution in [1.82, 2.24) is 10.3 Å². The minimum Gasteiger partial charge on any atom is -0.357 e. The Morgan fingerprint density at radius 3 is 2.63 bits per heavy atom. The zero-order valence-corrected chi connectivity index (χ0v) is 13.3. The fourth-order valence-electron chi connectivity index (χ4n) is 1.86. The van der Waals surface area contributed by atoms with Crippen molar-refractivity contribution in [1.29, 1.82) is 0 Å². The van der Waals surface area contributed by atoms with E-state index < -0.39 is 0 Å². The van der Waals surface area contributed by atoms with Gasteiger partial charge in [-0.2, -0.15) is 0 Å². The van der Waals surface area contributed by atoms with Crippen LogP contribution in [0.4, 0.5) is 5.82 Å². The topological polar surface area (TPSA) is 28.2 Å². The van der Waals surface area contributed by atoms with E-state index in [4.69, 9.17) is 16.6 Å². The number of unbranched alkanes of at least 4 members (excludes halogenated alkanes) is 1. The van der Waals surface area contributed by atoms with Crippen molar-refractivity contribution in [3.05, 3.63) is 22.8 Å². The van der Waals surface area contributed by atoms with Crippen molar-refractivity contribution in [2.75, 3.05) is 18.0 Å². The van der Waals surface area contributed by atoms with Crippen LogP contribution in [0.25, 0.3) is 0 Å². The van der Waals surface area contributed by atoms with E-state index in [1.807, 2.05) is 12.1 Å². The van der Waals surface area contributed by atoms with Crippen LogP contribution in [-0.4, -0.2) is 24.1 Å². The standard InChI is InChI=1S/C15H26ClN3/c1-5-7-10-19(6-2)15-9-8-13(16)14(18-15)11-17-12(3)4/h8-9,12,17H,5-7,10-11H2,1-4H3. The van der Waals surface area contributed by atoms with E-state index in [0.717, 1.165) is 36.2 Å². The first kappa shape index (κ1) is 16.3.